The fourth-order valence-electron chi connectivity index (χ4n) is 1.77. The normalized spacial score (nSPS) is 12.1. The molecule has 1 aromatic heterocycles. The molecule has 0 radical (unpaired) electrons. The SMILES string of the molecule is NC(=O)C[C@H](N)C(=O)Nc1cccc2cnccc12. The highest BCUT2D eigenvalue weighted by molar-refractivity contribution is 6.04. The molecule has 0 fully saturated rings. The van der Waals surface area contributed by atoms with Crippen molar-refractivity contribution in [3.8, 4) is 0 Å². The fraction of sp³-hybridized carbons (Fsp3) is 0.154. The van der Waals surface area contributed by atoms with E-state index in [2.05, 4.69) is 10.3 Å². The first-order valence-electron chi connectivity index (χ1n) is 5.75. The van der Waals surface area contributed by atoms with Gasteiger partial charge in [0.15, 0.2) is 0 Å². The van der Waals surface area contributed by atoms with Crippen molar-refractivity contribution in [1.82, 2.24) is 4.98 Å². The van der Waals surface area contributed by atoms with E-state index in [1.807, 2.05) is 6.07 Å². The average Bonchev–Trinajstić information content (AvgIpc) is 2.38. The van der Waals surface area contributed by atoms with Crippen LogP contribution in [0.5, 0.6) is 0 Å². The minimum Gasteiger partial charge on any atom is -0.370 e. The molecule has 0 saturated carbocycles. The quantitative estimate of drug-likeness (QED) is 0.735. The summed E-state index contributed by atoms with van der Waals surface area (Å²) in [5.74, 6) is -1.05. The van der Waals surface area contributed by atoms with Gasteiger partial charge in [0.1, 0.15) is 0 Å². The standard InChI is InChI=1S/C13H14N4O2/c14-10(6-12(15)18)13(19)17-11-3-1-2-8-7-16-5-4-9(8)11/h1-5,7,10H,6,14H2,(H2,15,18)(H,17,19)/t10-/m0/s1. The van der Waals surface area contributed by atoms with Crippen LogP contribution in [-0.2, 0) is 9.59 Å². The second-order valence-electron chi connectivity index (χ2n) is 4.17. The van der Waals surface area contributed by atoms with Gasteiger partial charge in [0.05, 0.1) is 12.5 Å². The minimum absolute atomic E-state index is 0.182. The van der Waals surface area contributed by atoms with Gasteiger partial charge in [-0.15, -0.1) is 0 Å². The number of rotatable bonds is 4. The van der Waals surface area contributed by atoms with E-state index in [9.17, 15) is 9.59 Å². The molecule has 0 unspecified atom stereocenters. The number of nitrogens with zero attached hydrogens (tertiary/aromatic N) is 1. The molecule has 0 aliphatic heterocycles. The van der Waals surface area contributed by atoms with Crippen molar-refractivity contribution >= 4 is 28.3 Å². The van der Waals surface area contributed by atoms with Crippen molar-refractivity contribution in [2.75, 3.05) is 5.32 Å². The summed E-state index contributed by atoms with van der Waals surface area (Å²) in [6.07, 6.45) is 3.16. The Morgan fingerprint density at radius 3 is 2.84 bits per heavy atom. The van der Waals surface area contributed by atoms with Gasteiger partial charge in [-0.2, -0.15) is 0 Å². The number of hydrogen-bond donors (Lipinski definition) is 3. The largest absolute Gasteiger partial charge is 0.370 e. The Labute approximate surface area is 109 Å². The van der Waals surface area contributed by atoms with Crippen LogP contribution in [0, 0.1) is 0 Å². The number of amides is 2. The molecule has 0 aliphatic carbocycles. The van der Waals surface area contributed by atoms with Crippen LogP contribution in [0.2, 0.25) is 0 Å². The van der Waals surface area contributed by atoms with Gasteiger partial charge in [-0.25, -0.2) is 0 Å². The van der Waals surface area contributed by atoms with Crippen LogP contribution in [-0.4, -0.2) is 22.8 Å². The average molecular weight is 258 g/mol. The summed E-state index contributed by atoms with van der Waals surface area (Å²) in [6, 6.07) is 6.30. The van der Waals surface area contributed by atoms with Crippen molar-refractivity contribution < 1.29 is 9.59 Å². The number of aromatic nitrogens is 1. The number of benzene rings is 1. The summed E-state index contributed by atoms with van der Waals surface area (Å²) in [7, 11) is 0. The Morgan fingerprint density at radius 2 is 2.11 bits per heavy atom. The van der Waals surface area contributed by atoms with Gasteiger partial charge in [-0.1, -0.05) is 12.1 Å². The molecule has 19 heavy (non-hydrogen) atoms. The minimum atomic E-state index is -0.949. The molecule has 6 nitrogen and oxygen atoms in total. The highest BCUT2D eigenvalue weighted by atomic mass is 16.2. The van der Waals surface area contributed by atoms with Crippen molar-refractivity contribution in [2.45, 2.75) is 12.5 Å². The van der Waals surface area contributed by atoms with Gasteiger partial charge in [-0.3, -0.25) is 14.6 Å². The molecule has 0 aliphatic rings. The van der Waals surface area contributed by atoms with E-state index in [0.29, 0.717) is 5.69 Å². The summed E-state index contributed by atoms with van der Waals surface area (Å²) in [5.41, 5.74) is 11.2. The Hall–Kier alpha value is -2.47. The molecule has 5 N–H and O–H groups in total. The van der Waals surface area contributed by atoms with Gasteiger partial charge in [-0.05, 0) is 12.1 Å². The van der Waals surface area contributed by atoms with E-state index in [-0.39, 0.29) is 6.42 Å². The third kappa shape index (κ3) is 3.05. The highest BCUT2D eigenvalue weighted by Crippen LogP contribution is 2.22. The third-order valence-electron chi connectivity index (χ3n) is 2.70. The predicted molar refractivity (Wildman–Crippen MR) is 72.2 cm³/mol. The molecule has 0 bridgehead atoms. The van der Waals surface area contributed by atoms with Crippen LogP contribution in [0.1, 0.15) is 6.42 Å². The summed E-state index contributed by atoms with van der Waals surface area (Å²) >= 11 is 0. The number of carbonyl (C=O) groups excluding carboxylic acids is 2. The molecule has 1 heterocycles. The Balaban J connectivity index is 2.22. The van der Waals surface area contributed by atoms with E-state index in [1.165, 1.54) is 0 Å². The number of nitrogens with two attached hydrogens (primary N) is 2. The number of nitrogens with one attached hydrogen (secondary N) is 1. The fourth-order valence-corrected chi connectivity index (χ4v) is 1.77. The number of carbonyl (C=O) groups is 2. The number of hydrogen-bond acceptors (Lipinski definition) is 4. The lowest BCUT2D eigenvalue weighted by Gasteiger charge is -2.12. The third-order valence-corrected chi connectivity index (χ3v) is 2.70. The second-order valence-corrected chi connectivity index (χ2v) is 4.17. The first kappa shape index (κ1) is 13.0. The smallest absolute Gasteiger partial charge is 0.241 e. The lowest BCUT2D eigenvalue weighted by Crippen LogP contribution is -2.39. The Morgan fingerprint density at radius 1 is 1.32 bits per heavy atom. The van der Waals surface area contributed by atoms with Crippen LogP contribution in [0.3, 0.4) is 0 Å². The molecule has 98 valence electrons. The molecular weight excluding hydrogens is 244 g/mol. The topological polar surface area (TPSA) is 111 Å². The van der Waals surface area contributed by atoms with Gasteiger partial charge in [0, 0.05) is 28.9 Å². The molecule has 2 amide bonds. The first-order chi connectivity index (χ1) is 9.08. The van der Waals surface area contributed by atoms with Crippen LogP contribution < -0.4 is 16.8 Å². The molecule has 6 heteroatoms. The summed E-state index contributed by atoms with van der Waals surface area (Å²) in [5, 5.41) is 4.46. The van der Waals surface area contributed by atoms with Gasteiger partial charge in [0.2, 0.25) is 11.8 Å². The molecule has 1 atom stereocenters. The van der Waals surface area contributed by atoms with Crippen LogP contribution in [0.4, 0.5) is 5.69 Å². The van der Waals surface area contributed by atoms with Crippen LogP contribution in [0.25, 0.3) is 10.8 Å². The molecule has 0 spiro atoms. The summed E-state index contributed by atoms with van der Waals surface area (Å²) in [4.78, 5) is 26.6. The number of primary amides is 1. The molecule has 2 aromatic rings. The zero-order chi connectivity index (χ0) is 13.8. The zero-order valence-electron chi connectivity index (χ0n) is 10.2. The maximum absolute atomic E-state index is 11.8. The maximum Gasteiger partial charge on any atom is 0.241 e. The lowest BCUT2D eigenvalue weighted by molar-refractivity contribution is -0.123. The van der Waals surface area contributed by atoms with E-state index >= 15 is 0 Å². The van der Waals surface area contributed by atoms with E-state index in [1.54, 1.807) is 30.6 Å². The Bertz CT molecular complexity index is 622. The lowest BCUT2D eigenvalue weighted by atomic mass is 10.1. The predicted octanol–water partition coefficient (Wildman–Crippen LogP) is 0.376. The molecular formula is C13H14N4O2. The van der Waals surface area contributed by atoms with E-state index < -0.39 is 17.9 Å². The number of pyridine rings is 1. The second kappa shape index (κ2) is 5.45. The van der Waals surface area contributed by atoms with Crippen LogP contribution >= 0.6 is 0 Å². The number of fused-ring (bicyclic) bond motifs is 1. The number of anilines is 1. The maximum atomic E-state index is 11.8. The van der Waals surface area contributed by atoms with Crippen molar-refractivity contribution in [3.05, 3.63) is 36.7 Å². The summed E-state index contributed by atoms with van der Waals surface area (Å²) < 4.78 is 0. The first-order valence-corrected chi connectivity index (χ1v) is 5.75. The van der Waals surface area contributed by atoms with Crippen molar-refractivity contribution in [3.63, 3.8) is 0 Å². The van der Waals surface area contributed by atoms with Gasteiger partial charge in [0.25, 0.3) is 0 Å². The Kier molecular flexibility index (Phi) is 3.72. The van der Waals surface area contributed by atoms with Gasteiger partial charge < -0.3 is 16.8 Å². The molecule has 0 saturated heterocycles. The van der Waals surface area contributed by atoms with E-state index in [0.717, 1.165) is 10.8 Å². The molecule has 1 aromatic carbocycles. The summed E-state index contributed by atoms with van der Waals surface area (Å²) in [6.45, 7) is 0. The molecule has 2 rings (SSSR count). The van der Waals surface area contributed by atoms with Crippen molar-refractivity contribution in [2.24, 2.45) is 11.5 Å². The zero-order valence-corrected chi connectivity index (χ0v) is 10.2. The van der Waals surface area contributed by atoms with Crippen LogP contribution in [0.15, 0.2) is 36.7 Å². The highest BCUT2D eigenvalue weighted by Gasteiger charge is 2.16. The van der Waals surface area contributed by atoms with Crippen molar-refractivity contribution in [1.29, 1.82) is 0 Å². The van der Waals surface area contributed by atoms with Gasteiger partial charge >= 0.3 is 0 Å². The monoisotopic (exact) mass is 258 g/mol. The van der Waals surface area contributed by atoms with E-state index in [4.69, 9.17) is 11.5 Å².